The summed E-state index contributed by atoms with van der Waals surface area (Å²) in [4.78, 5) is 0. The standard InChI is InChI=1S/C7H12O/c1-6-3-4-8-5-7(6)2/h6-7H,3-4H2,1-2H3. The highest BCUT2D eigenvalue weighted by Gasteiger charge is 2.17. The Balaban J connectivity index is 2.28. The van der Waals surface area contributed by atoms with E-state index in [1.165, 1.54) is 6.42 Å². The fourth-order valence-electron chi connectivity index (χ4n) is 0.801. The van der Waals surface area contributed by atoms with Crippen molar-refractivity contribution in [2.24, 2.45) is 11.8 Å². The largest absolute Gasteiger partial charge is 0.368 e. The molecule has 1 heteroatoms. The molecule has 2 atom stereocenters. The van der Waals surface area contributed by atoms with E-state index in [-0.39, 0.29) is 0 Å². The van der Waals surface area contributed by atoms with E-state index in [1.807, 2.05) is 0 Å². The molecule has 1 rings (SSSR count). The fraction of sp³-hybridized carbons (Fsp3) is 0.857. The van der Waals surface area contributed by atoms with Crippen molar-refractivity contribution in [1.82, 2.24) is 0 Å². The third kappa shape index (κ3) is 1.22. The zero-order chi connectivity index (χ0) is 5.98. The van der Waals surface area contributed by atoms with E-state index in [1.54, 1.807) is 0 Å². The third-order valence-electron chi connectivity index (χ3n) is 1.80. The van der Waals surface area contributed by atoms with Gasteiger partial charge in [0.05, 0.1) is 0 Å². The van der Waals surface area contributed by atoms with Crippen molar-refractivity contribution in [2.75, 3.05) is 6.61 Å². The van der Waals surface area contributed by atoms with Crippen LogP contribution in [-0.4, -0.2) is 6.61 Å². The number of rotatable bonds is 0. The summed E-state index contributed by atoms with van der Waals surface area (Å²) in [6, 6.07) is 0. The van der Waals surface area contributed by atoms with Crippen LogP contribution in [0.1, 0.15) is 20.3 Å². The Hall–Kier alpha value is -0.0400. The molecular weight excluding hydrogens is 100 g/mol. The maximum Gasteiger partial charge on any atom is 0.135 e. The van der Waals surface area contributed by atoms with Crippen LogP contribution in [0.15, 0.2) is 0 Å². The summed E-state index contributed by atoms with van der Waals surface area (Å²) < 4.78 is 5.00. The van der Waals surface area contributed by atoms with Crippen LogP contribution in [0.3, 0.4) is 0 Å². The molecule has 0 spiro atoms. The first-order chi connectivity index (χ1) is 3.80. The summed E-state index contributed by atoms with van der Waals surface area (Å²) in [5.41, 5.74) is 0. The predicted molar refractivity (Wildman–Crippen MR) is 32.1 cm³/mol. The number of hydrogen-bond donors (Lipinski definition) is 0. The summed E-state index contributed by atoms with van der Waals surface area (Å²) >= 11 is 0. The molecule has 0 N–H and O–H groups in total. The number of hydrogen-bond acceptors (Lipinski definition) is 1. The van der Waals surface area contributed by atoms with Crippen molar-refractivity contribution in [3.05, 3.63) is 6.61 Å². The Morgan fingerprint density at radius 1 is 1.50 bits per heavy atom. The van der Waals surface area contributed by atoms with E-state index in [2.05, 4.69) is 20.5 Å². The summed E-state index contributed by atoms with van der Waals surface area (Å²) in [6.45, 7) is 8.18. The van der Waals surface area contributed by atoms with Gasteiger partial charge >= 0.3 is 0 Å². The second-order valence-electron chi connectivity index (χ2n) is 2.52. The summed E-state index contributed by atoms with van der Waals surface area (Å²) in [5.74, 6) is 1.30. The van der Waals surface area contributed by atoms with E-state index >= 15 is 0 Å². The van der Waals surface area contributed by atoms with Gasteiger partial charge < -0.3 is 4.74 Å². The maximum atomic E-state index is 5.00. The quantitative estimate of drug-likeness (QED) is 0.463. The molecule has 1 heterocycles. The van der Waals surface area contributed by atoms with Crippen LogP contribution in [0.5, 0.6) is 0 Å². The van der Waals surface area contributed by atoms with Crippen LogP contribution in [-0.2, 0) is 4.74 Å². The average Bonchev–Trinajstić information content (AvgIpc) is 1.77. The van der Waals surface area contributed by atoms with Crippen molar-refractivity contribution in [2.45, 2.75) is 20.3 Å². The normalized spacial score (nSPS) is 39.8. The minimum Gasteiger partial charge on any atom is -0.368 e. The lowest BCUT2D eigenvalue weighted by molar-refractivity contribution is 0.0877. The third-order valence-corrected chi connectivity index (χ3v) is 1.80. The lowest BCUT2D eigenvalue weighted by Crippen LogP contribution is -2.18. The van der Waals surface area contributed by atoms with Gasteiger partial charge in [-0.15, -0.1) is 0 Å². The molecule has 1 aliphatic rings. The molecule has 2 unspecified atom stereocenters. The van der Waals surface area contributed by atoms with E-state index in [9.17, 15) is 0 Å². The highest BCUT2D eigenvalue weighted by atomic mass is 16.5. The Labute approximate surface area is 51.0 Å². The van der Waals surface area contributed by atoms with Crippen molar-refractivity contribution in [3.8, 4) is 0 Å². The Kier molecular flexibility index (Phi) is 1.90. The highest BCUT2D eigenvalue weighted by molar-refractivity contribution is 4.73. The first kappa shape index (κ1) is 6.09. The van der Waals surface area contributed by atoms with Gasteiger partial charge in [0.15, 0.2) is 0 Å². The molecule has 0 amide bonds. The molecule has 1 fully saturated rings. The van der Waals surface area contributed by atoms with Crippen LogP contribution >= 0.6 is 0 Å². The van der Waals surface area contributed by atoms with Gasteiger partial charge in [-0.05, 0) is 18.3 Å². The lowest BCUT2D eigenvalue weighted by atomic mass is 9.92. The van der Waals surface area contributed by atoms with Gasteiger partial charge in [0.25, 0.3) is 0 Å². The van der Waals surface area contributed by atoms with Crippen LogP contribution in [0.25, 0.3) is 0 Å². The molecule has 0 saturated carbocycles. The molecule has 46 valence electrons. The zero-order valence-corrected chi connectivity index (χ0v) is 5.48. The molecular formula is C7H12O. The Morgan fingerprint density at radius 3 is 2.62 bits per heavy atom. The fourth-order valence-corrected chi connectivity index (χ4v) is 0.801. The molecule has 0 aromatic carbocycles. The van der Waals surface area contributed by atoms with Crippen LogP contribution < -0.4 is 0 Å². The van der Waals surface area contributed by atoms with E-state index in [0.717, 1.165) is 12.5 Å². The summed E-state index contributed by atoms with van der Waals surface area (Å²) in [5, 5.41) is 0. The van der Waals surface area contributed by atoms with Crippen LogP contribution in [0.4, 0.5) is 0 Å². The van der Waals surface area contributed by atoms with Gasteiger partial charge in [0.2, 0.25) is 0 Å². The van der Waals surface area contributed by atoms with Crippen LogP contribution in [0.2, 0.25) is 0 Å². The number of ether oxygens (including phenoxy) is 1. The molecule has 0 aromatic rings. The van der Waals surface area contributed by atoms with E-state index < -0.39 is 0 Å². The van der Waals surface area contributed by atoms with Crippen molar-refractivity contribution in [3.63, 3.8) is 0 Å². The molecule has 0 aromatic heterocycles. The summed E-state index contributed by atoms with van der Waals surface area (Å²) in [7, 11) is 0. The Morgan fingerprint density at radius 2 is 2.25 bits per heavy atom. The lowest BCUT2D eigenvalue weighted by Gasteiger charge is -2.23. The van der Waals surface area contributed by atoms with Gasteiger partial charge in [-0.25, -0.2) is 0 Å². The maximum absolute atomic E-state index is 5.00. The second kappa shape index (κ2) is 2.49. The zero-order valence-electron chi connectivity index (χ0n) is 5.48. The van der Waals surface area contributed by atoms with Crippen molar-refractivity contribution >= 4 is 0 Å². The smallest absolute Gasteiger partial charge is 0.135 e. The van der Waals surface area contributed by atoms with Gasteiger partial charge in [0.1, 0.15) is 6.61 Å². The van der Waals surface area contributed by atoms with Crippen LogP contribution in [0, 0.1) is 18.4 Å². The minimum absolute atomic E-state index is 0.531. The first-order valence-electron chi connectivity index (χ1n) is 3.18. The monoisotopic (exact) mass is 112 g/mol. The molecule has 1 nitrogen and oxygen atoms in total. The van der Waals surface area contributed by atoms with Gasteiger partial charge in [-0.1, -0.05) is 13.8 Å². The van der Waals surface area contributed by atoms with Crippen molar-refractivity contribution in [1.29, 1.82) is 0 Å². The van der Waals surface area contributed by atoms with Crippen molar-refractivity contribution < 1.29 is 4.74 Å². The SMILES string of the molecule is CC1[C]OCCC1C. The molecule has 2 radical (unpaired) electrons. The minimum atomic E-state index is 0.531. The highest BCUT2D eigenvalue weighted by Crippen LogP contribution is 2.22. The molecule has 0 aliphatic carbocycles. The van der Waals surface area contributed by atoms with Gasteiger partial charge in [-0.3, -0.25) is 0 Å². The Bertz CT molecular complexity index is 60.8. The van der Waals surface area contributed by atoms with E-state index in [4.69, 9.17) is 4.74 Å². The molecule has 0 bridgehead atoms. The molecule has 1 saturated heterocycles. The second-order valence-corrected chi connectivity index (χ2v) is 2.52. The average molecular weight is 112 g/mol. The first-order valence-corrected chi connectivity index (χ1v) is 3.18. The molecule has 1 aliphatic heterocycles. The summed E-state index contributed by atoms with van der Waals surface area (Å²) in [6.07, 6.45) is 1.19. The van der Waals surface area contributed by atoms with Gasteiger partial charge in [0, 0.05) is 6.61 Å². The van der Waals surface area contributed by atoms with Gasteiger partial charge in [-0.2, -0.15) is 0 Å². The predicted octanol–water partition coefficient (Wildman–Crippen LogP) is 1.72. The topological polar surface area (TPSA) is 9.23 Å². The van der Waals surface area contributed by atoms with E-state index in [0.29, 0.717) is 5.92 Å². The molecule has 8 heavy (non-hydrogen) atoms.